The molecule has 0 unspecified atom stereocenters. The molecular formula is C18H23N3O5. The van der Waals surface area contributed by atoms with Crippen molar-refractivity contribution < 1.29 is 23.9 Å². The molecule has 1 aromatic carbocycles. The summed E-state index contributed by atoms with van der Waals surface area (Å²) >= 11 is 0. The van der Waals surface area contributed by atoms with Crippen LogP contribution in [0, 0.1) is 0 Å². The van der Waals surface area contributed by atoms with Gasteiger partial charge in [-0.1, -0.05) is 6.92 Å². The summed E-state index contributed by atoms with van der Waals surface area (Å²) in [7, 11) is 0. The zero-order valence-electron chi connectivity index (χ0n) is 14.9. The molecule has 140 valence electrons. The number of nitrogens with zero attached hydrogens (tertiary/aromatic N) is 1. The van der Waals surface area contributed by atoms with Crippen LogP contribution in [-0.2, 0) is 14.3 Å². The lowest BCUT2D eigenvalue weighted by Crippen LogP contribution is -2.44. The Balaban J connectivity index is 1.81. The quantitative estimate of drug-likeness (QED) is 0.749. The van der Waals surface area contributed by atoms with Gasteiger partial charge in [0.1, 0.15) is 0 Å². The lowest BCUT2D eigenvalue weighted by atomic mass is 10.2. The molecule has 1 atom stereocenters. The van der Waals surface area contributed by atoms with Crippen molar-refractivity contribution in [1.82, 2.24) is 10.6 Å². The largest absolute Gasteiger partial charge is 0.452 e. The highest BCUT2D eigenvalue weighted by atomic mass is 16.5. The molecule has 0 aromatic heterocycles. The summed E-state index contributed by atoms with van der Waals surface area (Å²) in [6, 6.07) is 5.72. The van der Waals surface area contributed by atoms with Gasteiger partial charge in [-0.05, 0) is 44.0 Å². The predicted molar refractivity (Wildman–Crippen MR) is 94.7 cm³/mol. The maximum absolute atomic E-state index is 12.0. The molecule has 8 heteroatoms. The molecule has 4 amide bonds. The number of carbonyl (C=O) groups is 4. The molecule has 1 heterocycles. The van der Waals surface area contributed by atoms with Crippen LogP contribution in [0.15, 0.2) is 24.3 Å². The van der Waals surface area contributed by atoms with Gasteiger partial charge in [-0.15, -0.1) is 0 Å². The van der Waals surface area contributed by atoms with E-state index in [1.807, 2.05) is 13.8 Å². The number of hydrogen-bond donors (Lipinski definition) is 2. The van der Waals surface area contributed by atoms with E-state index < -0.39 is 24.5 Å². The van der Waals surface area contributed by atoms with E-state index in [0.29, 0.717) is 13.0 Å². The van der Waals surface area contributed by atoms with Gasteiger partial charge in [-0.2, -0.15) is 0 Å². The molecule has 1 aliphatic rings. The van der Waals surface area contributed by atoms with Gasteiger partial charge in [-0.25, -0.2) is 9.59 Å². The van der Waals surface area contributed by atoms with Crippen LogP contribution in [0.25, 0.3) is 0 Å². The summed E-state index contributed by atoms with van der Waals surface area (Å²) in [6.45, 7) is 3.82. The molecule has 0 radical (unpaired) electrons. The number of carbonyl (C=O) groups excluding carboxylic acids is 4. The Hall–Kier alpha value is -2.90. The summed E-state index contributed by atoms with van der Waals surface area (Å²) in [5.74, 6) is -1.33. The van der Waals surface area contributed by atoms with Gasteiger partial charge in [0.05, 0.1) is 5.56 Å². The highest BCUT2D eigenvalue weighted by molar-refractivity contribution is 5.98. The number of ether oxygens (including phenoxy) is 1. The van der Waals surface area contributed by atoms with E-state index in [1.165, 1.54) is 12.1 Å². The molecule has 0 aliphatic carbocycles. The fourth-order valence-corrected chi connectivity index (χ4v) is 2.44. The molecule has 1 aliphatic heterocycles. The number of imide groups is 1. The van der Waals surface area contributed by atoms with E-state index in [9.17, 15) is 19.2 Å². The minimum Gasteiger partial charge on any atom is -0.452 e. The fraction of sp³-hybridized carbons (Fsp3) is 0.444. The first-order chi connectivity index (χ1) is 12.4. The summed E-state index contributed by atoms with van der Waals surface area (Å²) < 4.78 is 4.90. The fourth-order valence-electron chi connectivity index (χ4n) is 2.44. The lowest BCUT2D eigenvalue weighted by molar-refractivity contribution is -0.123. The van der Waals surface area contributed by atoms with Crippen LogP contribution in [0.3, 0.4) is 0 Å². The van der Waals surface area contributed by atoms with E-state index in [-0.39, 0.29) is 17.5 Å². The van der Waals surface area contributed by atoms with Crippen LogP contribution in [0.1, 0.15) is 43.5 Å². The van der Waals surface area contributed by atoms with Crippen LogP contribution in [0.2, 0.25) is 0 Å². The lowest BCUT2D eigenvalue weighted by Gasteiger charge is -2.15. The zero-order chi connectivity index (χ0) is 19.1. The summed E-state index contributed by atoms with van der Waals surface area (Å²) in [5, 5.41) is 4.67. The van der Waals surface area contributed by atoms with Gasteiger partial charge in [0.2, 0.25) is 5.91 Å². The number of amides is 4. The van der Waals surface area contributed by atoms with Crippen LogP contribution in [0.5, 0.6) is 0 Å². The number of rotatable bonds is 6. The second kappa shape index (κ2) is 8.98. The first-order valence-corrected chi connectivity index (χ1v) is 8.58. The summed E-state index contributed by atoms with van der Waals surface area (Å²) in [5.41, 5.74) is 0.987. The third-order valence-corrected chi connectivity index (χ3v) is 4.07. The molecule has 26 heavy (non-hydrogen) atoms. The van der Waals surface area contributed by atoms with E-state index in [4.69, 9.17) is 4.74 Å². The predicted octanol–water partition coefficient (Wildman–Crippen LogP) is 1.59. The monoisotopic (exact) mass is 361 g/mol. The Morgan fingerprint density at radius 2 is 1.92 bits per heavy atom. The van der Waals surface area contributed by atoms with Crippen molar-refractivity contribution >= 4 is 29.5 Å². The smallest absolute Gasteiger partial charge is 0.338 e. The maximum Gasteiger partial charge on any atom is 0.338 e. The minimum atomic E-state index is -0.710. The van der Waals surface area contributed by atoms with Crippen molar-refractivity contribution in [3.05, 3.63) is 29.8 Å². The number of nitrogens with one attached hydrogen (secondary N) is 2. The summed E-state index contributed by atoms with van der Waals surface area (Å²) in [6.07, 6.45) is 2.08. The van der Waals surface area contributed by atoms with Crippen molar-refractivity contribution in [1.29, 1.82) is 0 Å². The number of urea groups is 1. The molecular weight excluding hydrogens is 338 g/mol. The molecule has 0 saturated carbocycles. The second-order valence-corrected chi connectivity index (χ2v) is 6.10. The minimum absolute atomic E-state index is 0.0627. The molecule has 0 spiro atoms. The number of benzene rings is 1. The average Bonchev–Trinajstić information content (AvgIpc) is 3.05. The number of anilines is 1. The van der Waals surface area contributed by atoms with Crippen LogP contribution >= 0.6 is 0 Å². The van der Waals surface area contributed by atoms with Crippen molar-refractivity contribution in [2.45, 2.75) is 39.2 Å². The molecule has 2 N–H and O–H groups in total. The number of esters is 1. The third-order valence-electron chi connectivity index (χ3n) is 4.07. The Morgan fingerprint density at radius 3 is 2.50 bits per heavy atom. The molecule has 0 bridgehead atoms. The van der Waals surface area contributed by atoms with Gasteiger partial charge < -0.3 is 15.0 Å². The van der Waals surface area contributed by atoms with Gasteiger partial charge in [0.25, 0.3) is 5.91 Å². The van der Waals surface area contributed by atoms with Gasteiger partial charge in [0, 0.05) is 24.7 Å². The van der Waals surface area contributed by atoms with Gasteiger partial charge in [-0.3, -0.25) is 14.9 Å². The van der Waals surface area contributed by atoms with Crippen molar-refractivity contribution in [3.8, 4) is 0 Å². The zero-order valence-corrected chi connectivity index (χ0v) is 14.9. The highest BCUT2D eigenvalue weighted by Gasteiger charge is 2.22. The Kier molecular flexibility index (Phi) is 6.71. The van der Waals surface area contributed by atoms with Crippen molar-refractivity contribution in [2.24, 2.45) is 0 Å². The molecule has 8 nitrogen and oxygen atoms in total. The Labute approximate surface area is 151 Å². The van der Waals surface area contributed by atoms with Gasteiger partial charge >= 0.3 is 12.0 Å². The Bertz CT molecular complexity index is 687. The van der Waals surface area contributed by atoms with E-state index in [2.05, 4.69) is 10.6 Å². The van der Waals surface area contributed by atoms with Crippen LogP contribution in [0.4, 0.5) is 10.5 Å². The second-order valence-electron chi connectivity index (χ2n) is 6.10. The maximum atomic E-state index is 12.0. The van der Waals surface area contributed by atoms with E-state index in [1.54, 1.807) is 17.0 Å². The SMILES string of the molecule is CC[C@H](C)NC(=O)NC(=O)COC(=O)c1ccc(N2CCCC2=O)cc1. The molecule has 1 saturated heterocycles. The first kappa shape index (κ1) is 19.4. The van der Waals surface area contributed by atoms with Crippen LogP contribution < -0.4 is 15.5 Å². The molecule has 1 aromatic rings. The average molecular weight is 361 g/mol. The summed E-state index contributed by atoms with van der Waals surface area (Å²) in [4.78, 5) is 48.5. The first-order valence-electron chi connectivity index (χ1n) is 8.58. The van der Waals surface area contributed by atoms with E-state index >= 15 is 0 Å². The standard InChI is InChI=1S/C18H23N3O5/c1-3-12(2)19-18(25)20-15(22)11-26-17(24)13-6-8-14(9-7-13)21-10-4-5-16(21)23/h6-9,12H,3-5,10-11H2,1-2H3,(H2,19,20,22,25)/t12-/m0/s1. The van der Waals surface area contributed by atoms with Crippen LogP contribution in [-0.4, -0.2) is 43.0 Å². The normalized spacial score (nSPS) is 14.7. The Morgan fingerprint density at radius 1 is 1.23 bits per heavy atom. The number of hydrogen-bond acceptors (Lipinski definition) is 5. The molecule has 2 rings (SSSR count). The highest BCUT2D eigenvalue weighted by Crippen LogP contribution is 2.21. The van der Waals surface area contributed by atoms with Gasteiger partial charge in [0.15, 0.2) is 6.61 Å². The van der Waals surface area contributed by atoms with Crippen molar-refractivity contribution in [2.75, 3.05) is 18.1 Å². The topological polar surface area (TPSA) is 105 Å². The molecule has 1 fully saturated rings. The van der Waals surface area contributed by atoms with Crippen molar-refractivity contribution in [3.63, 3.8) is 0 Å². The van der Waals surface area contributed by atoms with E-state index in [0.717, 1.165) is 18.5 Å². The third kappa shape index (κ3) is 5.30.